The Hall–Kier alpha value is -1.40. The Balaban J connectivity index is 3.01. The minimum absolute atomic E-state index is 0.00538. The molecule has 1 unspecified atom stereocenters. The van der Waals surface area contributed by atoms with E-state index in [-0.39, 0.29) is 5.92 Å². The van der Waals surface area contributed by atoms with E-state index in [9.17, 15) is 0 Å². The monoisotopic (exact) mass is 266 g/mol. The summed E-state index contributed by atoms with van der Waals surface area (Å²) in [6.45, 7) is 6.50. The Morgan fingerprint density at radius 3 is 2.67 bits per heavy atom. The van der Waals surface area contributed by atoms with Crippen molar-refractivity contribution in [1.82, 2.24) is 0 Å². The van der Waals surface area contributed by atoms with Crippen LogP contribution >= 0.6 is 11.6 Å². The number of halogens is 1. The zero-order chi connectivity index (χ0) is 13.7. The molecule has 1 aromatic rings. The Bertz CT molecular complexity index is 466. The van der Waals surface area contributed by atoms with Gasteiger partial charge in [-0.3, -0.25) is 0 Å². The van der Waals surface area contributed by atoms with E-state index in [0.717, 1.165) is 34.0 Å². The van der Waals surface area contributed by atoms with E-state index in [0.29, 0.717) is 6.54 Å². The summed E-state index contributed by atoms with van der Waals surface area (Å²) in [6.07, 6.45) is 0.824. The van der Waals surface area contributed by atoms with E-state index in [4.69, 9.17) is 21.6 Å². The molecule has 1 aromatic carbocycles. The fourth-order valence-corrected chi connectivity index (χ4v) is 1.96. The number of hydrogen-bond acceptors (Lipinski definition) is 3. The number of hydrogen-bond donors (Lipinski definition) is 1. The van der Waals surface area contributed by atoms with Crippen LogP contribution in [0.4, 0.5) is 5.69 Å². The topological polar surface area (TPSA) is 45.0 Å². The van der Waals surface area contributed by atoms with Gasteiger partial charge in [-0.15, -0.1) is 0 Å². The molecule has 0 saturated heterocycles. The smallest absolute Gasteiger partial charge is 0.142 e. The SMILES string of the molecule is CCC(C#N)CNc1c(OC)cc(C)c(Cl)c1C. The number of methoxy groups -OCH3 is 1. The van der Waals surface area contributed by atoms with Crippen LogP contribution in [0.2, 0.25) is 5.02 Å². The van der Waals surface area contributed by atoms with Gasteiger partial charge >= 0.3 is 0 Å². The molecule has 0 aliphatic carbocycles. The summed E-state index contributed by atoms with van der Waals surface area (Å²) in [7, 11) is 1.63. The number of nitriles is 1. The van der Waals surface area contributed by atoms with E-state index in [1.807, 2.05) is 26.8 Å². The quantitative estimate of drug-likeness (QED) is 0.878. The van der Waals surface area contributed by atoms with E-state index in [2.05, 4.69) is 11.4 Å². The first-order valence-corrected chi connectivity index (χ1v) is 6.40. The molecule has 98 valence electrons. The van der Waals surface area contributed by atoms with Gasteiger partial charge in [0.25, 0.3) is 0 Å². The van der Waals surface area contributed by atoms with Crippen LogP contribution in [0.15, 0.2) is 6.07 Å². The lowest BCUT2D eigenvalue weighted by Gasteiger charge is -2.17. The predicted octanol–water partition coefficient (Wildman–Crippen LogP) is 3.93. The van der Waals surface area contributed by atoms with Gasteiger partial charge in [0.15, 0.2) is 0 Å². The van der Waals surface area contributed by atoms with Gasteiger partial charge in [-0.25, -0.2) is 0 Å². The number of nitrogens with zero attached hydrogens (tertiary/aromatic N) is 1. The zero-order valence-electron chi connectivity index (χ0n) is 11.3. The fraction of sp³-hybridized carbons (Fsp3) is 0.500. The lowest BCUT2D eigenvalue weighted by atomic mass is 10.1. The van der Waals surface area contributed by atoms with Crippen LogP contribution in [0.1, 0.15) is 24.5 Å². The Labute approximate surface area is 114 Å². The van der Waals surface area contributed by atoms with Gasteiger partial charge < -0.3 is 10.1 Å². The normalized spacial score (nSPS) is 11.8. The van der Waals surface area contributed by atoms with Crippen molar-refractivity contribution in [2.75, 3.05) is 19.0 Å². The third-order valence-electron chi connectivity index (χ3n) is 3.06. The summed E-state index contributed by atoms with van der Waals surface area (Å²) in [6, 6.07) is 4.18. The number of rotatable bonds is 5. The second-order valence-electron chi connectivity index (χ2n) is 4.32. The van der Waals surface area contributed by atoms with Crippen LogP contribution in [0.25, 0.3) is 0 Å². The first-order chi connectivity index (χ1) is 8.54. The van der Waals surface area contributed by atoms with Crippen molar-refractivity contribution < 1.29 is 4.74 Å². The van der Waals surface area contributed by atoms with Gasteiger partial charge in [0, 0.05) is 11.6 Å². The van der Waals surface area contributed by atoms with Gasteiger partial charge in [0.2, 0.25) is 0 Å². The summed E-state index contributed by atoms with van der Waals surface area (Å²) in [5, 5.41) is 13.0. The summed E-state index contributed by atoms with van der Waals surface area (Å²) < 4.78 is 5.36. The molecule has 0 aromatic heterocycles. The largest absolute Gasteiger partial charge is 0.495 e. The molecule has 1 rings (SSSR count). The summed E-state index contributed by atoms with van der Waals surface area (Å²) in [4.78, 5) is 0. The molecule has 0 fully saturated rings. The van der Waals surface area contributed by atoms with E-state index in [1.165, 1.54) is 0 Å². The average Bonchev–Trinajstić information content (AvgIpc) is 2.38. The van der Waals surface area contributed by atoms with Gasteiger partial charge in [0.05, 0.1) is 24.8 Å². The van der Waals surface area contributed by atoms with E-state index in [1.54, 1.807) is 7.11 Å². The number of anilines is 1. The van der Waals surface area contributed by atoms with Gasteiger partial charge in [-0.1, -0.05) is 18.5 Å². The molecule has 0 aliphatic heterocycles. The summed E-state index contributed by atoms with van der Waals surface area (Å²) in [5.74, 6) is 0.761. The Kier molecular flexibility index (Phi) is 5.30. The fourth-order valence-electron chi connectivity index (χ4n) is 1.81. The highest BCUT2D eigenvalue weighted by Gasteiger charge is 2.13. The highest BCUT2D eigenvalue weighted by Crippen LogP contribution is 2.35. The number of nitrogens with one attached hydrogen (secondary N) is 1. The molecule has 0 aliphatic rings. The van der Waals surface area contributed by atoms with Crippen molar-refractivity contribution in [2.45, 2.75) is 27.2 Å². The molecule has 0 spiro atoms. The lowest BCUT2D eigenvalue weighted by Crippen LogP contribution is -2.13. The van der Waals surface area contributed by atoms with Crippen LogP contribution in [0.3, 0.4) is 0 Å². The number of aryl methyl sites for hydroxylation is 1. The molecule has 18 heavy (non-hydrogen) atoms. The molecule has 4 heteroatoms. The second-order valence-corrected chi connectivity index (χ2v) is 4.70. The third-order valence-corrected chi connectivity index (χ3v) is 3.65. The standard InChI is InChI=1S/C14H19ClN2O/c1-5-11(7-16)8-17-14-10(3)13(15)9(2)6-12(14)18-4/h6,11,17H,5,8H2,1-4H3. The molecule has 1 atom stereocenters. The Morgan fingerprint density at radius 1 is 1.50 bits per heavy atom. The maximum absolute atomic E-state index is 8.95. The summed E-state index contributed by atoms with van der Waals surface area (Å²) in [5.41, 5.74) is 2.83. The minimum atomic E-state index is -0.00538. The van der Waals surface area contributed by atoms with Gasteiger partial charge in [0.1, 0.15) is 5.75 Å². The number of benzene rings is 1. The van der Waals surface area contributed by atoms with Crippen LogP contribution in [-0.4, -0.2) is 13.7 Å². The van der Waals surface area contributed by atoms with Crippen molar-refractivity contribution in [1.29, 1.82) is 5.26 Å². The van der Waals surface area contributed by atoms with Crippen molar-refractivity contribution in [3.63, 3.8) is 0 Å². The maximum atomic E-state index is 8.95. The molecular weight excluding hydrogens is 248 g/mol. The molecule has 0 radical (unpaired) electrons. The van der Waals surface area contributed by atoms with Crippen LogP contribution in [-0.2, 0) is 0 Å². The highest BCUT2D eigenvalue weighted by molar-refractivity contribution is 6.32. The molecular formula is C14H19ClN2O. The van der Waals surface area contributed by atoms with E-state index < -0.39 is 0 Å². The lowest BCUT2D eigenvalue weighted by molar-refractivity contribution is 0.415. The molecule has 0 amide bonds. The average molecular weight is 267 g/mol. The molecule has 0 bridgehead atoms. The highest BCUT2D eigenvalue weighted by atomic mass is 35.5. The van der Waals surface area contributed by atoms with Crippen molar-refractivity contribution in [3.05, 3.63) is 22.2 Å². The zero-order valence-corrected chi connectivity index (χ0v) is 12.1. The number of ether oxygens (including phenoxy) is 1. The third kappa shape index (κ3) is 3.08. The van der Waals surface area contributed by atoms with Crippen molar-refractivity contribution >= 4 is 17.3 Å². The molecule has 0 saturated carbocycles. The minimum Gasteiger partial charge on any atom is -0.495 e. The predicted molar refractivity (Wildman–Crippen MR) is 75.4 cm³/mol. The Morgan fingerprint density at radius 2 is 2.17 bits per heavy atom. The van der Waals surface area contributed by atoms with Crippen LogP contribution < -0.4 is 10.1 Å². The van der Waals surface area contributed by atoms with E-state index >= 15 is 0 Å². The van der Waals surface area contributed by atoms with Crippen molar-refractivity contribution in [2.24, 2.45) is 5.92 Å². The second kappa shape index (κ2) is 6.51. The molecule has 3 nitrogen and oxygen atoms in total. The first-order valence-electron chi connectivity index (χ1n) is 6.02. The first kappa shape index (κ1) is 14.7. The maximum Gasteiger partial charge on any atom is 0.142 e. The van der Waals surface area contributed by atoms with Gasteiger partial charge in [-0.2, -0.15) is 5.26 Å². The van der Waals surface area contributed by atoms with Crippen LogP contribution in [0, 0.1) is 31.1 Å². The van der Waals surface area contributed by atoms with Crippen LogP contribution in [0.5, 0.6) is 5.75 Å². The van der Waals surface area contributed by atoms with Gasteiger partial charge in [-0.05, 0) is 37.5 Å². The van der Waals surface area contributed by atoms with Crippen molar-refractivity contribution in [3.8, 4) is 11.8 Å². The summed E-state index contributed by atoms with van der Waals surface area (Å²) >= 11 is 6.23. The molecule has 0 heterocycles. The molecule has 1 N–H and O–H groups in total.